The van der Waals surface area contributed by atoms with Gasteiger partial charge < -0.3 is 0 Å². The van der Waals surface area contributed by atoms with Gasteiger partial charge in [0.15, 0.2) is 0 Å². The number of hydrogen-bond donors (Lipinski definition) is 0. The molecule has 0 aromatic carbocycles. The van der Waals surface area contributed by atoms with E-state index in [1.807, 2.05) is 0 Å². The highest BCUT2D eigenvalue weighted by Crippen LogP contribution is 2.60. The zero-order valence-corrected chi connectivity index (χ0v) is 23.5. The molecule has 0 bridgehead atoms. The van der Waals surface area contributed by atoms with E-state index < -0.39 is 103 Å². The van der Waals surface area contributed by atoms with Crippen LogP contribution in [0.25, 0.3) is 0 Å². The smallest absolute Gasteiger partial charge is 0.263 e. The lowest BCUT2D eigenvalue weighted by atomic mass is 10.2. The molecule has 0 saturated heterocycles. The summed E-state index contributed by atoms with van der Waals surface area (Å²) >= 11 is 0. The molecule has 5 atom stereocenters. The third-order valence-electron chi connectivity index (χ3n) is 5.13. The molecular formula is C17F32O7. The Morgan fingerprint density at radius 3 is 0.554 bits per heavy atom. The Bertz CT molecular complexity index is 1440. The number of rotatable bonds is 16. The highest BCUT2D eigenvalue weighted by atomic mass is 19.4. The highest BCUT2D eigenvalue weighted by Gasteiger charge is 2.89. The van der Waals surface area contributed by atoms with E-state index in [1.165, 1.54) is 0 Å². The Morgan fingerprint density at radius 1 is 0.250 bits per heavy atom. The maximum atomic E-state index is 14.4. The summed E-state index contributed by atoms with van der Waals surface area (Å²) in [5, 5.41) is 0. The second kappa shape index (κ2) is 14.0. The third-order valence-corrected chi connectivity index (χ3v) is 5.13. The number of carbonyl (C=O) groups is 2. The monoisotopic (exact) mass is 924 g/mol. The van der Waals surface area contributed by atoms with Crippen molar-refractivity contribution < 1.29 is 174 Å². The summed E-state index contributed by atoms with van der Waals surface area (Å²) in [5.74, 6) is -42.9. The molecule has 0 spiro atoms. The van der Waals surface area contributed by atoms with Crippen LogP contribution < -0.4 is 0 Å². The zero-order chi connectivity index (χ0) is 46.2. The quantitative estimate of drug-likeness (QED) is 0.113. The van der Waals surface area contributed by atoms with Gasteiger partial charge in [-0.2, -0.15) is 140 Å². The van der Waals surface area contributed by atoms with Crippen molar-refractivity contribution in [1.82, 2.24) is 0 Å². The lowest BCUT2D eigenvalue weighted by molar-refractivity contribution is -0.594. The van der Waals surface area contributed by atoms with Crippen molar-refractivity contribution >= 4 is 12.1 Å². The average Bonchev–Trinajstić information content (AvgIpc) is 2.87. The van der Waals surface area contributed by atoms with Crippen LogP contribution in [0.5, 0.6) is 0 Å². The molecule has 7 nitrogen and oxygen atoms in total. The van der Waals surface area contributed by atoms with E-state index in [0.29, 0.717) is 0 Å². The Hall–Kier alpha value is -3.10. The molecule has 0 aromatic heterocycles. The van der Waals surface area contributed by atoms with Gasteiger partial charge in [-0.05, 0) is 0 Å². The van der Waals surface area contributed by atoms with Gasteiger partial charge in [0.25, 0.3) is 0 Å². The lowest BCUT2D eigenvalue weighted by Gasteiger charge is -2.43. The van der Waals surface area contributed by atoms with E-state index in [1.54, 1.807) is 0 Å². The summed E-state index contributed by atoms with van der Waals surface area (Å²) in [4.78, 5) is 20.2. The van der Waals surface area contributed by atoms with E-state index >= 15 is 0 Å². The van der Waals surface area contributed by atoms with Gasteiger partial charge in [-0.1, -0.05) is 0 Å². The second-order valence-corrected chi connectivity index (χ2v) is 9.11. The van der Waals surface area contributed by atoms with Crippen LogP contribution in [0.1, 0.15) is 0 Å². The second-order valence-electron chi connectivity index (χ2n) is 9.11. The molecule has 0 saturated carbocycles. The molecular weight excluding hydrogens is 924 g/mol. The zero-order valence-electron chi connectivity index (χ0n) is 23.5. The first-order chi connectivity index (χ1) is 23.7. The predicted molar refractivity (Wildman–Crippen MR) is 91.9 cm³/mol. The molecule has 0 aliphatic rings. The van der Waals surface area contributed by atoms with Crippen LogP contribution in [0.2, 0.25) is 0 Å². The van der Waals surface area contributed by atoms with Gasteiger partial charge in [0.1, 0.15) is 0 Å². The van der Waals surface area contributed by atoms with Gasteiger partial charge in [0, 0.05) is 0 Å². The van der Waals surface area contributed by atoms with Gasteiger partial charge in [0.05, 0.1) is 0 Å². The predicted octanol–water partition coefficient (Wildman–Crippen LogP) is 9.17. The first-order valence-corrected chi connectivity index (χ1v) is 11.2. The molecule has 39 heteroatoms. The Balaban J connectivity index is 7.65. The van der Waals surface area contributed by atoms with Gasteiger partial charge in [0.2, 0.25) is 0 Å². The summed E-state index contributed by atoms with van der Waals surface area (Å²) < 4.78 is 430. The number of alkyl halides is 30. The molecule has 0 aliphatic heterocycles. The summed E-state index contributed by atoms with van der Waals surface area (Å²) in [6.07, 6.45) is -87.2. The van der Waals surface area contributed by atoms with Crippen LogP contribution in [0.4, 0.5) is 140 Å². The highest BCUT2D eigenvalue weighted by molar-refractivity contribution is 5.78. The van der Waals surface area contributed by atoms with Crippen LogP contribution in [0.3, 0.4) is 0 Å². The standard InChI is InChI=1S/C17F32O7/c18-1(50)3(20,8(25,26)27)52-13(40,41)5(22,10(31,32)33)54-15(44,45)7(24,12(37,38)39)56-17(48,49)16(46,47)55-6(23,11(34,35)36)14(42,43)53-4(21,2(19)51)9(28,29)30/t3-,4+,5+,6-,7-/m1/s1. The summed E-state index contributed by atoms with van der Waals surface area (Å²) in [7, 11) is 0. The largest absolute Gasteiger partial charge is 0.459 e. The fourth-order valence-electron chi connectivity index (χ4n) is 2.46. The summed E-state index contributed by atoms with van der Waals surface area (Å²) in [5.41, 5.74) is 0. The van der Waals surface area contributed by atoms with Gasteiger partial charge in [-0.15, -0.1) is 0 Å². The molecule has 0 aromatic rings. The topological polar surface area (TPSA) is 80.3 Å². The fraction of sp³-hybridized carbons (Fsp3) is 0.882. The molecule has 0 aliphatic carbocycles. The molecule has 56 heavy (non-hydrogen) atoms. The van der Waals surface area contributed by atoms with Crippen molar-refractivity contribution in [1.29, 1.82) is 0 Å². The van der Waals surface area contributed by atoms with Crippen LogP contribution >= 0.6 is 0 Å². The SMILES string of the molecule is O=C(F)[C@](F)(OC(F)(F)[C@](F)(OC(F)(F)C(F)(F)O[C@](F)(C(F)(F)F)C(F)(F)O[C@@](F)(C(F)(F)F)C(F)(F)O[C@](F)(C(=O)F)C(F)(F)F)C(F)(F)F)C(F)(F)F. The molecule has 0 N–H and O–H groups in total. The molecule has 0 radical (unpaired) electrons. The van der Waals surface area contributed by atoms with Crippen molar-refractivity contribution in [2.75, 3.05) is 0 Å². The van der Waals surface area contributed by atoms with Crippen molar-refractivity contribution in [3.05, 3.63) is 0 Å². The van der Waals surface area contributed by atoms with Gasteiger partial charge >= 0.3 is 103 Å². The number of hydrogen-bond acceptors (Lipinski definition) is 7. The molecule has 0 heterocycles. The van der Waals surface area contributed by atoms with Crippen LogP contribution in [0.15, 0.2) is 0 Å². The minimum atomic E-state index is -9.30. The number of ether oxygens (including phenoxy) is 5. The maximum absolute atomic E-state index is 14.4. The maximum Gasteiger partial charge on any atom is 0.459 e. The number of halogens is 32. The summed E-state index contributed by atoms with van der Waals surface area (Å²) in [6, 6.07) is -10.4. The Morgan fingerprint density at radius 2 is 0.411 bits per heavy atom. The van der Waals surface area contributed by atoms with E-state index in [0.717, 1.165) is 23.7 Å². The first-order valence-electron chi connectivity index (χ1n) is 11.2. The van der Waals surface area contributed by atoms with Crippen molar-refractivity contribution in [2.24, 2.45) is 0 Å². The third kappa shape index (κ3) is 8.82. The van der Waals surface area contributed by atoms with Crippen molar-refractivity contribution in [3.8, 4) is 0 Å². The molecule has 0 fully saturated rings. The minimum absolute atomic E-state index is 0.798. The summed E-state index contributed by atoms with van der Waals surface area (Å²) in [6.45, 7) is 0. The van der Waals surface area contributed by atoms with Crippen LogP contribution in [-0.2, 0) is 33.3 Å². The minimum Gasteiger partial charge on any atom is -0.263 e. The Labute approximate surface area is 278 Å². The van der Waals surface area contributed by atoms with E-state index in [4.69, 9.17) is 0 Å². The Kier molecular flexibility index (Phi) is 13.3. The van der Waals surface area contributed by atoms with Gasteiger partial charge in [-0.3, -0.25) is 33.3 Å². The van der Waals surface area contributed by atoms with E-state index in [-0.39, 0.29) is 0 Å². The normalized spacial score (nSPS) is 20.6. The molecule has 0 amide bonds. The molecule has 0 unspecified atom stereocenters. The first kappa shape index (κ1) is 52.9. The number of carbonyl (C=O) groups excluding carboxylic acids is 2. The molecule has 0 rings (SSSR count). The van der Waals surface area contributed by atoms with Crippen molar-refractivity contribution in [2.45, 2.75) is 90.7 Å². The van der Waals surface area contributed by atoms with Crippen LogP contribution in [-0.4, -0.2) is 103 Å². The van der Waals surface area contributed by atoms with E-state index in [9.17, 15) is 150 Å². The average molecular weight is 924 g/mol. The van der Waals surface area contributed by atoms with Crippen LogP contribution in [0, 0.1) is 0 Å². The lowest BCUT2D eigenvalue weighted by Crippen LogP contribution is -2.71. The van der Waals surface area contributed by atoms with E-state index in [2.05, 4.69) is 0 Å². The molecule has 334 valence electrons. The van der Waals surface area contributed by atoms with Gasteiger partial charge in [-0.25, -0.2) is 0 Å². The van der Waals surface area contributed by atoms with Crippen molar-refractivity contribution in [3.63, 3.8) is 0 Å². The fourth-order valence-corrected chi connectivity index (χ4v) is 2.46.